The molecule has 0 saturated carbocycles. The van der Waals surface area contributed by atoms with Gasteiger partial charge in [-0.3, -0.25) is 14.6 Å². The van der Waals surface area contributed by atoms with Gasteiger partial charge in [-0.05, 0) is 57.9 Å². The summed E-state index contributed by atoms with van der Waals surface area (Å²) < 4.78 is 5.79. The lowest BCUT2D eigenvalue weighted by Gasteiger charge is -2.36. The van der Waals surface area contributed by atoms with Crippen molar-refractivity contribution in [2.75, 3.05) is 26.2 Å². The largest absolute Gasteiger partial charge is 0.372 e. The number of rotatable bonds is 3. The highest BCUT2D eigenvalue weighted by molar-refractivity contribution is 6.33. The van der Waals surface area contributed by atoms with Crippen LogP contribution in [0.3, 0.4) is 0 Å². The molecule has 7 heteroatoms. The molecule has 0 N–H and O–H groups in total. The topological polar surface area (TPSA) is 62.7 Å². The van der Waals surface area contributed by atoms with Crippen molar-refractivity contribution in [1.82, 2.24) is 14.8 Å². The molecule has 6 nitrogen and oxygen atoms in total. The van der Waals surface area contributed by atoms with E-state index in [0.717, 1.165) is 24.2 Å². The van der Waals surface area contributed by atoms with Gasteiger partial charge in [0.15, 0.2) is 0 Å². The van der Waals surface area contributed by atoms with Gasteiger partial charge in [-0.2, -0.15) is 0 Å². The van der Waals surface area contributed by atoms with Crippen molar-refractivity contribution in [3.8, 4) is 0 Å². The highest BCUT2D eigenvalue weighted by Gasteiger charge is 2.32. The van der Waals surface area contributed by atoms with Gasteiger partial charge in [-0.25, -0.2) is 0 Å². The molecule has 2 aliphatic heterocycles. The van der Waals surface area contributed by atoms with E-state index < -0.39 is 0 Å². The highest BCUT2D eigenvalue weighted by atomic mass is 35.5. The Kier molecular flexibility index (Phi) is 6.82. The maximum absolute atomic E-state index is 13.4. The van der Waals surface area contributed by atoms with Crippen LogP contribution >= 0.6 is 11.6 Å². The summed E-state index contributed by atoms with van der Waals surface area (Å²) in [4.78, 5) is 34.8. The molecule has 0 spiro atoms. The monoisotopic (exact) mass is 455 g/mol. The number of aromatic nitrogens is 1. The number of amides is 2. The van der Waals surface area contributed by atoms with E-state index in [2.05, 4.69) is 0 Å². The van der Waals surface area contributed by atoms with Gasteiger partial charge in [0.1, 0.15) is 0 Å². The zero-order valence-corrected chi connectivity index (χ0v) is 19.6. The zero-order valence-electron chi connectivity index (χ0n) is 18.9. The lowest BCUT2D eigenvalue weighted by atomic mass is 9.89. The number of ether oxygens (including phenoxy) is 1. The van der Waals surface area contributed by atoms with Crippen LogP contribution in [0.2, 0.25) is 5.02 Å². The van der Waals surface area contributed by atoms with Crippen LogP contribution in [0.15, 0.2) is 36.4 Å². The van der Waals surface area contributed by atoms with E-state index in [0.29, 0.717) is 42.3 Å². The molecule has 1 aromatic heterocycles. The number of nitrogens with zero attached hydrogens (tertiary/aromatic N) is 3. The van der Waals surface area contributed by atoms with Gasteiger partial charge in [0.05, 0.1) is 34.1 Å². The minimum atomic E-state index is -0.0427. The molecule has 0 radical (unpaired) electrons. The number of pyridine rings is 1. The summed E-state index contributed by atoms with van der Waals surface area (Å²) in [6.07, 6.45) is 1.57. The summed E-state index contributed by atoms with van der Waals surface area (Å²) in [6.45, 7) is 8.34. The first kappa shape index (κ1) is 22.7. The molecule has 0 aliphatic carbocycles. The molecule has 2 aromatic rings. The zero-order chi connectivity index (χ0) is 22.8. The highest BCUT2D eigenvalue weighted by Crippen LogP contribution is 2.31. The molecular weight excluding hydrogens is 426 g/mol. The fourth-order valence-electron chi connectivity index (χ4n) is 4.74. The molecule has 32 heavy (non-hydrogen) atoms. The third kappa shape index (κ3) is 4.81. The Morgan fingerprint density at radius 2 is 1.56 bits per heavy atom. The van der Waals surface area contributed by atoms with E-state index in [1.807, 2.05) is 54.8 Å². The molecule has 2 atom stereocenters. The van der Waals surface area contributed by atoms with Crippen LogP contribution in [-0.2, 0) is 4.74 Å². The standard InChI is InChI=1S/C25H30ClN3O3/c1-16-8-9-21(25(31)29-14-17(2)32-18(3)15-29)23(27-16)19-10-12-28(13-11-19)24(30)20-6-4-5-7-22(20)26/h4-9,17-19H,10-15H2,1-3H3/t17-,18-/m0/s1. The lowest BCUT2D eigenvalue weighted by Crippen LogP contribution is -2.48. The number of likely N-dealkylation sites (tertiary alicyclic amines) is 1. The Bertz CT molecular complexity index is 994. The minimum Gasteiger partial charge on any atom is -0.372 e. The molecule has 2 saturated heterocycles. The molecule has 2 fully saturated rings. The first-order valence-corrected chi connectivity index (χ1v) is 11.7. The smallest absolute Gasteiger partial charge is 0.255 e. The molecule has 4 rings (SSSR count). The second kappa shape index (κ2) is 9.59. The van der Waals surface area contributed by atoms with Gasteiger partial charge < -0.3 is 14.5 Å². The molecule has 0 bridgehead atoms. The number of morpholine rings is 1. The van der Waals surface area contributed by atoms with Crippen LogP contribution in [0.25, 0.3) is 0 Å². The fraction of sp³-hybridized carbons (Fsp3) is 0.480. The first-order valence-electron chi connectivity index (χ1n) is 11.3. The summed E-state index contributed by atoms with van der Waals surface area (Å²) in [5, 5.41) is 0.474. The van der Waals surface area contributed by atoms with E-state index in [9.17, 15) is 9.59 Å². The average molecular weight is 456 g/mol. The summed E-state index contributed by atoms with van der Waals surface area (Å²) in [5.74, 6) is 0.114. The summed E-state index contributed by atoms with van der Waals surface area (Å²) >= 11 is 6.22. The molecule has 0 unspecified atom stereocenters. The van der Waals surface area contributed by atoms with Crippen molar-refractivity contribution >= 4 is 23.4 Å². The number of hydrogen-bond acceptors (Lipinski definition) is 4. The Hall–Kier alpha value is -2.44. The van der Waals surface area contributed by atoms with Crippen molar-refractivity contribution in [1.29, 1.82) is 0 Å². The van der Waals surface area contributed by atoms with Gasteiger partial charge in [-0.1, -0.05) is 23.7 Å². The third-order valence-corrected chi connectivity index (χ3v) is 6.60. The minimum absolute atomic E-state index is 0.0172. The SMILES string of the molecule is Cc1ccc(C(=O)N2C[C@H](C)O[C@@H](C)C2)c(C2CCN(C(=O)c3ccccc3Cl)CC2)n1. The Balaban J connectivity index is 1.50. The summed E-state index contributed by atoms with van der Waals surface area (Å²) in [5.41, 5.74) is 2.96. The number of halogens is 1. The van der Waals surface area contributed by atoms with Gasteiger partial charge in [-0.15, -0.1) is 0 Å². The van der Waals surface area contributed by atoms with Crippen molar-refractivity contribution in [3.05, 3.63) is 63.9 Å². The van der Waals surface area contributed by atoms with Gasteiger partial charge >= 0.3 is 0 Å². The maximum Gasteiger partial charge on any atom is 0.255 e. The Morgan fingerprint density at radius 1 is 0.938 bits per heavy atom. The van der Waals surface area contributed by atoms with E-state index in [-0.39, 0.29) is 29.9 Å². The molecular formula is C25H30ClN3O3. The Morgan fingerprint density at radius 3 is 2.22 bits per heavy atom. The number of piperidine rings is 1. The predicted molar refractivity (Wildman–Crippen MR) is 124 cm³/mol. The third-order valence-electron chi connectivity index (χ3n) is 6.27. The number of carbonyl (C=O) groups excluding carboxylic acids is 2. The second-order valence-electron chi connectivity index (χ2n) is 8.90. The number of hydrogen-bond donors (Lipinski definition) is 0. The van der Waals surface area contributed by atoms with Gasteiger partial charge in [0.2, 0.25) is 0 Å². The normalized spacial score (nSPS) is 22.1. The van der Waals surface area contributed by atoms with Crippen LogP contribution in [0.4, 0.5) is 0 Å². The molecule has 2 amide bonds. The maximum atomic E-state index is 13.4. The quantitative estimate of drug-likeness (QED) is 0.691. The van der Waals surface area contributed by atoms with Gasteiger partial charge in [0.25, 0.3) is 11.8 Å². The molecule has 170 valence electrons. The Labute approximate surface area is 194 Å². The van der Waals surface area contributed by atoms with E-state index in [1.54, 1.807) is 12.1 Å². The van der Waals surface area contributed by atoms with Crippen molar-refractivity contribution < 1.29 is 14.3 Å². The summed E-state index contributed by atoms with van der Waals surface area (Å²) in [6, 6.07) is 11.0. The number of carbonyl (C=O) groups is 2. The van der Waals surface area contributed by atoms with Crippen LogP contribution in [0.1, 0.15) is 64.7 Å². The second-order valence-corrected chi connectivity index (χ2v) is 9.31. The van der Waals surface area contributed by atoms with Crippen LogP contribution in [0, 0.1) is 6.92 Å². The average Bonchev–Trinajstić information content (AvgIpc) is 2.78. The van der Waals surface area contributed by atoms with Gasteiger partial charge in [0, 0.05) is 37.8 Å². The van der Waals surface area contributed by atoms with Crippen molar-refractivity contribution in [3.63, 3.8) is 0 Å². The van der Waals surface area contributed by atoms with Crippen molar-refractivity contribution in [2.24, 2.45) is 0 Å². The summed E-state index contributed by atoms with van der Waals surface area (Å²) in [7, 11) is 0. The molecule has 3 heterocycles. The fourth-order valence-corrected chi connectivity index (χ4v) is 4.96. The predicted octanol–water partition coefficient (Wildman–Crippen LogP) is 4.31. The van der Waals surface area contributed by atoms with E-state index >= 15 is 0 Å². The van der Waals surface area contributed by atoms with Crippen molar-refractivity contribution in [2.45, 2.75) is 51.7 Å². The molecule has 1 aromatic carbocycles. The van der Waals surface area contributed by atoms with E-state index in [4.69, 9.17) is 21.3 Å². The molecule has 2 aliphatic rings. The van der Waals surface area contributed by atoms with Crippen LogP contribution < -0.4 is 0 Å². The number of benzene rings is 1. The van der Waals surface area contributed by atoms with E-state index in [1.165, 1.54) is 0 Å². The van der Waals surface area contributed by atoms with Crippen LogP contribution in [0.5, 0.6) is 0 Å². The number of aryl methyl sites for hydroxylation is 1. The first-order chi connectivity index (χ1) is 15.3. The lowest BCUT2D eigenvalue weighted by molar-refractivity contribution is -0.0586. The van der Waals surface area contributed by atoms with Crippen LogP contribution in [-0.4, -0.2) is 65.0 Å².